The smallest absolute Gasteiger partial charge is 0.214 e. The monoisotopic (exact) mass is 331 g/mol. The summed E-state index contributed by atoms with van der Waals surface area (Å²) < 4.78 is 14.3. The number of hydrogen-bond donors (Lipinski definition) is 1. The molecule has 0 aromatic heterocycles. The normalized spacial score (nSPS) is 27.9. The fraction of sp³-hybridized carbons (Fsp3) is 0.444. The zero-order valence-corrected chi connectivity index (χ0v) is 13.4. The van der Waals surface area contributed by atoms with Crippen LogP contribution in [0.2, 0.25) is 0 Å². The number of nitrogens with one attached hydrogen (secondary N) is 1. The van der Waals surface area contributed by atoms with Gasteiger partial charge in [0.15, 0.2) is 0 Å². The molecular formula is C18H18FNO2S. The van der Waals surface area contributed by atoms with E-state index in [1.165, 1.54) is 17.8 Å². The quantitative estimate of drug-likeness (QED) is 0.920. The summed E-state index contributed by atoms with van der Waals surface area (Å²) >= 11 is 1.34. The van der Waals surface area contributed by atoms with Crippen molar-refractivity contribution in [3.8, 4) is 0 Å². The molecule has 3 aliphatic rings. The van der Waals surface area contributed by atoms with Crippen LogP contribution >= 0.6 is 11.8 Å². The van der Waals surface area contributed by atoms with Gasteiger partial charge in [0, 0.05) is 29.3 Å². The summed E-state index contributed by atoms with van der Waals surface area (Å²) in [4.78, 5) is 24.4. The highest BCUT2D eigenvalue weighted by Gasteiger charge is 2.43. The molecule has 1 aliphatic carbocycles. The molecule has 1 N–H and O–H groups in total. The van der Waals surface area contributed by atoms with E-state index < -0.39 is 5.92 Å². The summed E-state index contributed by atoms with van der Waals surface area (Å²) in [5.74, 6) is -0.566. The Morgan fingerprint density at radius 2 is 2.00 bits per heavy atom. The molecule has 1 aromatic rings. The Kier molecular flexibility index (Phi) is 3.76. The molecule has 0 radical (unpaired) electrons. The first-order valence-electron chi connectivity index (χ1n) is 8.10. The van der Waals surface area contributed by atoms with Crippen molar-refractivity contribution in [3.05, 3.63) is 47.4 Å². The summed E-state index contributed by atoms with van der Waals surface area (Å²) in [6.07, 6.45) is 5.08. The average Bonchev–Trinajstić information content (AvgIpc) is 3.31. The highest BCUT2D eigenvalue weighted by atomic mass is 32.2. The fourth-order valence-corrected chi connectivity index (χ4v) is 4.58. The van der Waals surface area contributed by atoms with Crippen molar-refractivity contribution < 1.29 is 14.0 Å². The average molecular weight is 331 g/mol. The lowest BCUT2D eigenvalue weighted by atomic mass is 9.81. The largest absolute Gasteiger partial charge is 0.383 e. The van der Waals surface area contributed by atoms with E-state index in [1.807, 2.05) is 0 Å². The van der Waals surface area contributed by atoms with E-state index in [1.54, 1.807) is 24.3 Å². The van der Waals surface area contributed by atoms with Crippen molar-refractivity contribution >= 4 is 22.7 Å². The van der Waals surface area contributed by atoms with E-state index in [9.17, 15) is 14.0 Å². The van der Waals surface area contributed by atoms with Crippen molar-refractivity contribution in [3.63, 3.8) is 0 Å². The summed E-state index contributed by atoms with van der Waals surface area (Å²) in [5, 5.41) is 3.61. The number of piperidine rings is 1. The molecule has 3 nitrogen and oxygen atoms in total. The highest BCUT2D eigenvalue weighted by molar-refractivity contribution is 8.15. The Balaban J connectivity index is 1.66. The van der Waals surface area contributed by atoms with E-state index in [0.717, 1.165) is 31.4 Å². The minimum atomic E-state index is -0.466. The second-order valence-corrected chi connectivity index (χ2v) is 7.74. The number of halogens is 1. The SMILES string of the molecule is O=C1C=C2NC(C(C(=O)C3CC3)c3ccccc3F)CCC2S1. The van der Waals surface area contributed by atoms with Crippen molar-refractivity contribution in [2.45, 2.75) is 42.9 Å². The van der Waals surface area contributed by atoms with Gasteiger partial charge in [-0.3, -0.25) is 9.59 Å². The highest BCUT2D eigenvalue weighted by Crippen LogP contribution is 2.42. The maximum Gasteiger partial charge on any atom is 0.214 e. The van der Waals surface area contributed by atoms with Crippen LogP contribution in [-0.4, -0.2) is 22.2 Å². The molecule has 3 unspecified atom stereocenters. The molecule has 3 atom stereocenters. The summed E-state index contributed by atoms with van der Waals surface area (Å²) in [5.41, 5.74) is 1.39. The maximum atomic E-state index is 14.3. The summed E-state index contributed by atoms with van der Waals surface area (Å²) in [6.45, 7) is 0. The van der Waals surface area contributed by atoms with Gasteiger partial charge in [-0.15, -0.1) is 0 Å². The molecular weight excluding hydrogens is 313 g/mol. The number of ketones is 1. The van der Waals surface area contributed by atoms with Crippen LogP contribution in [0.25, 0.3) is 0 Å². The summed E-state index contributed by atoms with van der Waals surface area (Å²) in [6, 6.07) is 6.44. The topological polar surface area (TPSA) is 46.2 Å². The Bertz CT molecular complexity index is 698. The van der Waals surface area contributed by atoms with E-state index in [0.29, 0.717) is 5.56 Å². The van der Waals surface area contributed by atoms with E-state index in [4.69, 9.17) is 0 Å². The van der Waals surface area contributed by atoms with Gasteiger partial charge < -0.3 is 5.32 Å². The second-order valence-electron chi connectivity index (χ2n) is 6.53. The number of thioether (sulfide) groups is 1. The third-order valence-electron chi connectivity index (χ3n) is 4.90. The number of fused-ring (bicyclic) bond motifs is 1. The van der Waals surface area contributed by atoms with Crippen LogP contribution in [0, 0.1) is 11.7 Å². The first-order chi connectivity index (χ1) is 11.1. The van der Waals surface area contributed by atoms with Gasteiger partial charge in [0.1, 0.15) is 11.6 Å². The van der Waals surface area contributed by atoms with E-state index in [-0.39, 0.29) is 33.9 Å². The molecule has 5 heteroatoms. The third kappa shape index (κ3) is 2.82. The van der Waals surface area contributed by atoms with Crippen molar-refractivity contribution in [2.75, 3.05) is 0 Å². The number of carbonyl (C=O) groups is 2. The van der Waals surface area contributed by atoms with Crippen LogP contribution in [0.4, 0.5) is 4.39 Å². The molecule has 1 saturated carbocycles. The molecule has 4 rings (SSSR count). The van der Waals surface area contributed by atoms with Gasteiger partial charge in [-0.1, -0.05) is 30.0 Å². The predicted octanol–water partition coefficient (Wildman–Crippen LogP) is 3.17. The lowest BCUT2D eigenvalue weighted by Gasteiger charge is -2.35. The molecule has 2 fully saturated rings. The number of hydrogen-bond acceptors (Lipinski definition) is 4. The second kappa shape index (κ2) is 5.78. The Morgan fingerprint density at radius 3 is 2.74 bits per heavy atom. The van der Waals surface area contributed by atoms with Crippen LogP contribution in [-0.2, 0) is 9.59 Å². The van der Waals surface area contributed by atoms with Crippen LogP contribution in [0.15, 0.2) is 36.0 Å². The lowest BCUT2D eigenvalue weighted by molar-refractivity contribution is -0.122. The lowest BCUT2D eigenvalue weighted by Crippen LogP contribution is -2.44. The van der Waals surface area contributed by atoms with Gasteiger partial charge in [-0.05, 0) is 31.7 Å². The third-order valence-corrected chi connectivity index (χ3v) is 6.02. The van der Waals surface area contributed by atoms with Crippen molar-refractivity contribution in [1.29, 1.82) is 0 Å². The van der Waals surface area contributed by atoms with Gasteiger partial charge in [-0.2, -0.15) is 0 Å². The predicted molar refractivity (Wildman–Crippen MR) is 87.5 cm³/mol. The van der Waals surface area contributed by atoms with Crippen molar-refractivity contribution in [2.24, 2.45) is 5.92 Å². The van der Waals surface area contributed by atoms with Crippen LogP contribution in [0.3, 0.4) is 0 Å². The first-order valence-corrected chi connectivity index (χ1v) is 8.98. The van der Waals surface area contributed by atoms with Gasteiger partial charge in [-0.25, -0.2) is 4.39 Å². The zero-order valence-electron chi connectivity index (χ0n) is 12.6. The minimum Gasteiger partial charge on any atom is -0.383 e. The van der Waals surface area contributed by atoms with Gasteiger partial charge in [0.25, 0.3) is 0 Å². The standard InChI is InChI=1S/C18H18FNO2S/c19-12-4-2-1-3-11(12)17(18(22)10-5-6-10)13-7-8-15-14(20-13)9-16(21)23-15/h1-4,9-10,13,15,17,20H,5-8H2. The minimum absolute atomic E-state index is 0.0640. The Morgan fingerprint density at radius 1 is 1.22 bits per heavy atom. The number of carbonyl (C=O) groups excluding carboxylic acids is 2. The summed E-state index contributed by atoms with van der Waals surface area (Å²) in [7, 11) is 0. The number of rotatable bonds is 4. The van der Waals surface area contributed by atoms with E-state index in [2.05, 4.69) is 5.32 Å². The number of benzene rings is 1. The maximum absolute atomic E-state index is 14.3. The Labute approximate surface area is 138 Å². The molecule has 1 saturated heterocycles. The van der Waals surface area contributed by atoms with Gasteiger partial charge in [0.05, 0.1) is 11.2 Å². The molecule has 0 spiro atoms. The van der Waals surface area contributed by atoms with Crippen LogP contribution < -0.4 is 5.32 Å². The molecule has 0 bridgehead atoms. The first kappa shape index (κ1) is 14.9. The van der Waals surface area contributed by atoms with Gasteiger partial charge >= 0.3 is 0 Å². The Hall–Kier alpha value is -1.62. The van der Waals surface area contributed by atoms with Crippen LogP contribution in [0.5, 0.6) is 0 Å². The molecule has 0 amide bonds. The van der Waals surface area contributed by atoms with Crippen molar-refractivity contribution in [1.82, 2.24) is 5.32 Å². The molecule has 1 aromatic carbocycles. The molecule has 23 heavy (non-hydrogen) atoms. The van der Waals surface area contributed by atoms with Crippen LogP contribution in [0.1, 0.15) is 37.2 Å². The fourth-order valence-electron chi connectivity index (χ4n) is 3.59. The molecule has 120 valence electrons. The molecule has 2 heterocycles. The van der Waals surface area contributed by atoms with E-state index >= 15 is 0 Å². The number of Topliss-reactive ketones (excluding diaryl/α,β-unsaturated/α-hetero) is 1. The zero-order chi connectivity index (χ0) is 16.0. The molecule has 2 aliphatic heterocycles. The van der Waals surface area contributed by atoms with Gasteiger partial charge in [0.2, 0.25) is 5.12 Å².